The van der Waals surface area contributed by atoms with E-state index in [0.717, 1.165) is 34.1 Å². The summed E-state index contributed by atoms with van der Waals surface area (Å²) in [5.41, 5.74) is 2.77. The normalized spacial score (nSPS) is 10.6. The first-order valence-electron chi connectivity index (χ1n) is 8.83. The predicted molar refractivity (Wildman–Crippen MR) is 103 cm³/mol. The van der Waals surface area contributed by atoms with Gasteiger partial charge >= 0.3 is 0 Å². The number of benzene rings is 2. The molecule has 0 saturated heterocycles. The molecule has 0 radical (unpaired) electrons. The molecule has 1 heterocycles. The molecule has 27 heavy (non-hydrogen) atoms. The Kier molecular flexibility index (Phi) is 6.33. The molecule has 1 N–H and O–H groups in total. The van der Waals surface area contributed by atoms with Crippen molar-refractivity contribution < 1.29 is 18.6 Å². The molecule has 0 unspecified atom stereocenters. The van der Waals surface area contributed by atoms with Crippen LogP contribution in [0.1, 0.15) is 18.2 Å². The van der Waals surface area contributed by atoms with E-state index in [0.29, 0.717) is 25.6 Å². The average Bonchev–Trinajstić information content (AvgIpc) is 3.17. The Labute approximate surface area is 159 Å². The van der Waals surface area contributed by atoms with Gasteiger partial charge in [0.2, 0.25) is 5.89 Å². The Morgan fingerprint density at radius 1 is 1.00 bits per heavy atom. The fraction of sp³-hybridized carbons (Fsp3) is 0.286. The third kappa shape index (κ3) is 4.60. The largest absolute Gasteiger partial charge is 0.494 e. The van der Waals surface area contributed by atoms with Crippen LogP contribution >= 0.6 is 0 Å². The topological polar surface area (TPSA) is 65.8 Å². The molecule has 0 spiro atoms. The first-order valence-corrected chi connectivity index (χ1v) is 8.83. The summed E-state index contributed by atoms with van der Waals surface area (Å²) in [5, 5.41) is 3.36. The standard InChI is InChI=1S/C21H24N2O4/c1-4-26-18-10-8-15(9-11-18)21-23-17(14-27-21)13-22-12-16-6-5-7-19(24-2)20(16)25-3/h5-11,14,22H,4,12-13H2,1-3H3. The van der Waals surface area contributed by atoms with Crippen LogP contribution in [-0.4, -0.2) is 25.8 Å². The van der Waals surface area contributed by atoms with Crippen molar-refractivity contribution in [3.8, 4) is 28.7 Å². The summed E-state index contributed by atoms with van der Waals surface area (Å²) in [6.07, 6.45) is 1.67. The fourth-order valence-corrected chi connectivity index (χ4v) is 2.80. The molecular formula is C21H24N2O4. The molecule has 0 saturated carbocycles. The first-order chi connectivity index (χ1) is 13.2. The summed E-state index contributed by atoms with van der Waals surface area (Å²) in [6.45, 7) is 3.82. The molecule has 142 valence electrons. The number of hydrogen-bond acceptors (Lipinski definition) is 6. The molecule has 0 aliphatic heterocycles. The number of hydrogen-bond donors (Lipinski definition) is 1. The van der Waals surface area contributed by atoms with Gasteiger partial charge in [-0.05, 0) is 37.3 Å². The molecule has 0 aliphatic rings. The van der Waals surface area contributed by atoms with Crippen molar-refractivity contribution in [3.05, 3.63) is 60.0 Å². The second kappa shape index (κ2) is 9.09. The van der Waals surface area contributed by atoms with Gasteiger partial charge in [0.1, 0.15) is 12.0 Å². The van der Waals surface area contributed by atoms with Gasteiger partial charge in [-0.2, -0.15) is 0 Å². The Balaban J connectivity index is 1.60. The minimum atomic E-state index is 0.584. The second-order valence-electron chi connectivity index (χ2n) is 5.86. The van der Waals surface area contributed by atoms with Crippen molar-refractivity contribution >= 4 is 0 Å². The van der Waals surface area contributed by atoms with Crippen LogP contribution in [0.5, 0.6) is 17.2 Å². The van der Waals surface area contributed by atoms with E-state index in [1.54, 1.807) is 20.5 Å². The quantitative estimate of drug-likeness (QED) is 0.615. The molecule has 3 aromatic rings. The van der Waals surface area contributed by atoms with Crippen LogP contribution in [0.4, 0.5) is 0 Å². The number of methoxy groups -OCH3 is 2. The number of oxazole rings is 1. The maximum Gasteiger partial charge on any atom is 0.226 e. The Hall–Kier alpha value is -2.99. The van der Waals surface area contributed by atoms with Gasteiger partial charge in [-0.3, -0.25) is 0 Å². The van der Waals surface area contributed by atoms with Crippen LogP contribution in [0.25, 0.3) is 11.5 Å². The van der Waals surface area contributed by atoms with Gasteiger partial charge < -0.3 is 23.9 Å². The lowest BCUT2D eigenvalue weighted by molar-refractivity contribution is 0.340. The van der Waals surface area contributed by atoms with E-state index >= 15 is 0 Å². The van der Waals surface area contributed by atoms with Gasteiger partial charge in [0, 0.05) is 24.2 Å². The molecule has 2 aromatic carbocycles. The summed E-state index contributed by atoms with van der Waals surface area (Å²) in [6, 6.07) is 13.5. The Bertz CT molecular complexity index is 859. The number of ether oxygens (including phenoxy) is 3. The highest BCUT2D eigenvalue weighted by Gasteiger charge is 2.10. The molecule has 6 nitrogen and oxygen atoms in total. The van der Waals surface area contributed by atoms with Crippen LogP contribution in [0.2, 0.25) is 0 Å². The highest BCUT2D eigenvalue weighted by molar-refractivity contribution is 5.54. The number of nitrogens with zero attached hydrogens (tertiary/aromatic N) is 1. The number of nitrogens with one attached hydrogen (secondary N) is 1. The lowest BCUT2D eigenvalue weighted by Crippen LogP contribution is -2.13. The minimum Gasteiger partial charge on any atom is -0.494 e. The summed E-state index contributed by atoms with van der Waals surface area (Å²) in [7, 11) is 3.27. The second-order valence-corrected chi connectivity index (χ2v) is 5.86. The van der Waals surface area contributed by atoms with Gasteiger partial charge in [-0.1, -0.05) is 12.1 Å². The van der Waals surface area contributed by atoms with Gasteiger partial charge in [0.25, 0.3) is 0 Å². The van der Waals surface area contributed by atoms with E-state index in [1.807, 2.05) is 49.4 Å². The molecule has 3 rings (SSSR count). The first kappa shape index (κ1) is 18.8. The monoisotopic (exact) mass is 368 g/mol. The van der Waals surface area contributed by atoms with Gasteiger partial charge in [-0.25, -0.2) is 4.98 Å². The van der Waals surface area contributed by atoms with E-state index in [2.05, 4.69) is 10.3 Å². The van der Waals surface area contributed by atoms with Crippen LogP contribution in [0.15, 0.2) is 53.1 Å². The van der Waals surface area contributed by atoms with Crippen molar-refractivity contribution in [1.82, 2.24) is 10.3 Å². The highest BCUT2D eigenvalue weighted by Crippen LogP contribution is 2.30. The Morgan fingerprint density at radius 2 is 1.81 bits per heavy atom. The SMILES string of the molecule is CCOc1ccc(-c2nc(CNCc3cccc(OC)c3OC)co2)cc1. The lowest BCUT2D eigenvalue weighted by Gasteiger charge is -2.12. The summed E-state index contributed by atoms with van der Waals surface area (Å²) >= 11 is 0. The van der Waals surface area contributed by atoms with Crippen molar-refractivity contribution in [2.45, 2.75) is 20.0 Å². The smallest absolute Gasteiger partial charge is 0.226 e. The van der Waals surface area contributed by atoms with E-state index in [-0.39, 0.29) is 0 Å². The minimum absolute atomic E-state index is 0.584. The zero-order valence-electron chi connectivity index (χ0n) is 15.8. The van der Waals surface area contributed by atoms with Crippen molar-refractivity contribution in [3.63, 3.8) is 0 Å². The van der Waals surface area contributed by atoms with E-state index in [9.17, 15) is 0 Å². The zero-order chi connectivity index (χ0) is 19.1. The third-order valence-electron chi connectivity index (χ3n) is 4.07. The summed E-state index contributed by atoms with van der Waals surface area (Å²) < 4.78 is 21.8. The summed E-state index contributed by atoms with van der Waals surface area (Å²) in [5.74, 6) is 2.88. The number of rotatable bonds is 9. The van der Waals surface area contributed by atoms with Gasteiger partial charge in [-0.15, -0.1) is 0 Å². The molecule has 1 aromatic heterocycles. The van der Waals surface area contributed by atoms with Crippen molar-refractivity contribution in [1.29, 1.82) is 0 Å². The molecule has 6 heteroatoms. The Morgan fingerprint density at radius 3 is 2.52 bits per heavy atom. The van der Waals surface area contributed by atoms with Crippen molar-refractivity contribution in [2.75, 3.05) is 20.8 Å². The molecule has 0 bridgehead atoms. The van der Waals surface area contributed by atoms with E-state index < -0.39 is 0 Å². The average molecular weight is 368 g/mol. The zero-order valence-corrected chi connectivity index (χ0v) is 15.8. The third-order valence-corrected chi connectivity index (χ3v) is 4.07. The highest BCUT2D eigenvalue weighted by atomic mass is 16.5. The van der Waals surface area contributed by atoms with Crippen molar-refractivity contribution in [2.24, 2.45) is 0 Å². The molecular weight excluding hydrogens is 344 g/mol. The van der Waals surface area contributed by atoms with Crippen LogP contribution in [0.3, 0.4) is 0 Å². The van der Waals surface area contributed by atoms with Gasteiger partial charge in [0.05, 0.1) is 26.5 Å². The van der Waals surface area contributed by atoms with Crippen LogP contribution < -0.4 is 19.5 Å². The lowest BCUT2D eigenvalue weighted by atomic mass is 10.2. The van der Waals surface area contributed by atoms with Crippen LogP contribution in [-0.2, 0) is 13.1 Å². The maximum absolute atomic E-state index is 5.60. The van der Waals surface area contributed by atoms with E-state index in [1.165, 1.54) is 0 Å². The molecule has 0 atom stereocenters. The van der Waals surface area contributed by atoms with Crippen LogP contribution in [0, 0.1) is 0 Å². The number of para-hydroxylation sites is 1. The van der Waals surface area contributed by atoms with E-state index in [4.69, 9.17) is 18.6 Å². The number of aromatic nitrogens is 1. The fourth-order valence-electron chi connectivity index (χ4n) is 2.80. The van der Waals surface area contributed by atoms with Gasteiger partial charge in [0.15, 0.2) is 11.5 Å². The summed E-state index contributed by atoms with van der Waals surface area (Å²) in [4.78, 5) is 4.54. The molecule has 0 aliphatic carbocycles. The molecule has 0 fully saturated rings. The maximum atomic E-state index is 5.60. The predicted octanol–water partition coefficient (Wildman–Crippen LogP) is 4.05. The molecule has 0 amide bonds.